The van der Waals surface area contributed by atoms with Gasteiger partial charge in [-0.3, -0.25) is 4.79 Å². The van der Waals surface area contributed by atoms with Crippen LogP contribution in [0.3, 0.4) is 0 Å². The molecule has 0 aliphatic heterocycles. The Labute approximate surface area is 77.3 Å². The molecule has 1 aromatic heterocycles. The van der Waals surface area contributed by atoms with Gasteiger partial charge in [-0.15, -0.1) is 0 Å². The van der Waals surface area contributed by atoms with Crippen molar-refractivity contribution in [1.29, 1.82) is 0 Å². The lowest BCUT2D eigenvalue weighted by atomic mass is 10.2. The Kier molecular flexibility index (Phi) is 3.08. The molecule has 1 aromatic rings. The number of likely N-dealkylation sites (N-methyl/N-ethyl adjacent to an activating group) is 1. The molecule has 0 unspecified atom stereocenters. The van der Waals surface area contributed by atoms with Gasteiger partial charge in [0.25, 0.3) is 0 Å². The van der Waals surface area contributed by atoms with Crippen molar-refractivity contribution in [2.75, 3.05) is 7.05 Å². The fourth-order valence-electron chi connectivity index (χ4n) is 1.08. The van der Waals surface area contributed by atoms with Crippen LogP contribution in [0.2, 0.25) is 0 Å². The van der Waals surface area contributed by atoms with Crippen LogP contribution < -0.4 is 5.73 Å². The molecule has 0 saturated carbocycles. The smallest absolute Gasteiger partial charge is 0.239 e. The molecule has 0 aliphatic carbocycles. The molecule has 0 radical (unpaired) electrons. The number of hydrogen-bond acceptors (Lipinski definition) is 3. The van der Waals surface area contributed by atoms with Crippen LogP contribution in [-0.4, -0.2) is 23.9 Å². The summed E-state index contributed by atoms with van der Waals surface area (Å²) in [7, 11) is 1.72. The maximum Gasteiger partial charge on any atom is 0.239 e. The van der Waals surface area contributed by atoms with Crippen molar-refractivity contribution in [2.24, 2.45) is 5.73 Å². The van der Waals surface area contributed by atoms with Crippen LogP contribution in [0.25, 0.3) is 0 Å². The lowest BCUT2D eigenvalue weighted by molar-refractivity contribution is -0.131. The molecule has 1 heterocycles. The third kappa shape index (κ3) is 2.59. The summed E-state index contributed by atoms with van der Waals surface area (Å²) in [5.41, 5.74) is 6.42. The van der Waals surface area contributed by atoms with Gasteiger partial charge in [0.05, 0.1) is 18.6 Å². The summed E-state index contributed by atoms with van der Waals surface area (Å²) in [5.74, 6) is -0.0683. The van der Waals surface area contributed by atoms with Crippen LogP contribution in [0.5, 0.6) is 0 Å². The number of carbonyl (C=O) groups is 1. The summed E-state index contributed by atoms with van der Waals surface area (Å²) >= 11 is 0. The fraction of sp³-hybridized carbons (Fsp3) is 0.444. The topological polar surface area (TPSA) is 59.5 Å². The Bertz CT molecular complexity index is 267. The standard InChI is InChI=1S/C9H14N2O2/c1-7(10)9(12)11(2)5-8-3-4-13-6-8/h3-4,6-7H,5,10H2,1-2H3/t7-/m1/s1. The number of furan rings is 1. The molecule has 13 heavy (non-hydrogen) atoms. The molecular weight excluding hydrogens is 168 g/mol. The van der Waals surface area contributed by atoms with Crippen molar-refractivity contribution in [1.82, 2.24) is 4.90 Å². The van der Waals surface area contributed by atoms with E-state index in [9.17, 15) is 4.79 Å². The van der Waals surface area contributed by atoms with E-state index in [1.807, 2.05) is 6.07 Å². The Balaban J connectivity index is 2.51. The first-order valence-electron chi connectivity index (χ1n) is 4.13. The highest BCUT2D eigenvalue weighted by Gasteiger charge is 2.13. The van der Waals surface area contributed by atoms with Crippen LogP contribution in [0.15, 0.2) is 23.0 Å². The summed E-state index contributed by atoms with van der Waals surface area (Å²) in [6.07, 6.45) is 3.20. The average molecular weight is 182 g/mol. The van der Waals surface area contributed by atoms with Crippen molar-refractivity contribution < 1.29 is 9.21 Å². The van der Waals surface area contributed by atoms with Gasteiger partial charge < -0.3 is 15.1 Å². The van der Waals surface area contributed by atoms with Crippen LogP contribution >= 0.6 is 0 Å². The zero-order chi connectivity index (χ0) is 9.84. The highest BCUT2D eigenvalue weighted by Crippen LogP contribution is 2.04. The molecule has 1 rings (SSSR count). The van der Waals surface area contributed by atoms with Crippen molar-refractivity contribution in [2.45, 2.75) is 19.5 Å². The first-order chi connectivity index (χ1) is 6.11. The van der Waals surface area contributed by atoms with E-state index in [0.717, 1.165) is 5.56 Å². The van der Waals surface area contributed by atoms with Crippen LogP contribution in [0.4, 0.5) is 0 Å². The highest BCUT2D eigenvalue weighted by molar-refractivity contribution is 5.80. The SMILES string of the molecule is C[C@@H](N)C(=O)N(C)Cc1ccoc1. The zero-order valence-corrected chi connectivity index (χ0v) is 7.86. The second-order valence-electron chi connectivity index (χ2n) is 3.11. The molecule has 0 bridgehead atoms. The van der Waals surface area contributed by atoms with Crippen LogP contribution in [-0.2, 0) is 11.3 Å². The minimum absolute atomic E-state index is 0.0683. The third-order valence-electron chi connectivity index (χ3n) is 1.77. The van der Waals surface area contributed by atoms with Crippen LogP contribution in [0.1, 0.15) is 12.5 Å². The van der Waals surface area contributed by atoms with Gasteiger partial charge in [0.1, 0.15) is 0 Å². The van der Waals surface area contributed by atoms with E-state index < -0.39 is 6.04 Å². The number of nitrogens with two attached hydrogens (primary N) is 1. The van der Waals surface area contributed by atoms with Gasteiger partial charge in [-0.05, 0) is 13.0 Å². The second kappa shape index (κ2) is 4.09. The van der Waals surface area contributed by atoms with Crippen molar-refractivity contribution in [3.63, 3.8) is 0 Å². The number of amides is 1. The van der Waals surface area contributed by atoms with Crippen molar-refractivity contribution >= 4 is 5.91 Å². The van der Waals surface area contributed by atoms with Gasteiger partial charge in [0.15, 0.2) is 0 Å². The summed E-state index contributed by atoms with van der Waals surface area (Å²) in [4.78, 5) is 12.9. The van der Waals surface area contributed by atoms with E-state index in [-0.39, 0.29) is 5.91 Å². The molecule has 1 amide bonds. The molecule has 0 aromatic carbocycles. The van der Waals surface area contributed by atoms with E-state index in [1.165, 1.54) is 0 Å². The normalized spacial score (nSPS) is 12.5. The second-order valence-corrected chi connectivity index (χ2v) is 3.11. The average Bonchev–Trinajstić information content (AvgIpc) is 2.55. The third-order valence-corrected chi connectivity index (χ3v) is 1.77. The minimum Gasteiger partial charge on any atom is -0.472 e. The van der Waals surface area contributed by atoms with E-state index in [1.54, 1.807) is 31.4 Å². The first-order valence-corrected chi connectivity index (χ1v) is 4.13. The van der Waals surface area contributed by atoms with Gasteiger partial charge in [-0.1, -0.05) is 0 Å². The van der Waals surface area contributed by atoms with Gasteiger partial charge >= 0.3 is 0 Å². The Morgan fingerprint density at radius 3 is 2.92 bits per heavy atom. The molecule has 0 aliphatic rings. The predicted octanol–water partition coefficient (Wildman–Crippen LogP) is 0.585. The molecule has 0 spiro atoms. The van der Waals surface area contributed by atoms with Crippen molar-refractivity contribution in [3.8, 4) is 0 Å². The first kappa shape index (κ1) is 9.80. The van der Waals surface area contributed by atoms with Gasteiger partial charge in [0.2, 0.25) is 5.91 Å². The Morgan fingerprint density at radius 2 is 2.46 bits per heavy atom. The van der Waals surface area contributed by atoms with E-state index in [4.69, 9.17) is 10.2 Å². The zero-order valence-electron chi connectivity index (χ0n) is 7.86. The largest absolute Gasteiger partial charge is 0.472 e. The number of hydrogen-bond donors (Lipinski definition) is 1. The van der Waals surface area contributed by atoms with Gasteiger partial charge in [0, 0.05) is 19.2 Å². The summed E-state index contributed by atoms with van der Waals surface area (Å²) < 4.78 is 4.89. The molecule has 1 atom stereocenters. The quantitative estimate of drug-likeness (QED) is 0.744. The molecule has 2 N–H and O–H groups in total. The fourth-order valence-corrected chi connectivity index (χ4v) is 1.08. The number of rotatable bonds is 3. The molecule has 72 valence electrons. The Morgan fingerprint density at radius 1 is 1.77 bits per heavy atom. The van der Waals surface area contributed by atoms with E-state index in [2.05, 4.69) is 0 Å². The van der Waals surface area contributed by atoms with Crippen molar-refractivity contribution in [3.05, 3.63) is 24.2 Å². The lowest BCUT2D eigenvalue weighted by Crippen LogP contribution is -2.39. The molecule has 0 saturated heterocycles. The number of nitrogens with zero attached hydrogens (tertiary/aromatic N) is 1. The van der Waals surface area contributed by atoms with E-state index >= 15 is 0 Å². The lowest BCUT2D eigenvalue weighted by Gasteiger charge is -2.18. The molecule has 4 nitrogen and oxygen atoms in total. The summed E-state index contributed by atoms with van der Waals surface area (Å²) in [6.45, 7) is 2.21. The minimum atomic E-state index is -0.447. The van der Waals surface area contributed by atoms with Crippen LogP contribution in [0, 0.1) is 0 Å². The summed E-state index contributed by atoms with van der Waals surface area (Å²) in [5, 5.41) is 0. The highest BCUT2D eigenvalue weighted by atomic mass is 16.3. The maximum atomic E-state index is 11.3. The molecule has 4 heteroatoms. The van der Waals surface area contributed by atoms with Gasteiger partial charge in [-0.25, -0.2) is 0 Å². The molecular formula is C9H14N2O2. The predicted molar refractivity (Wildman–Crippen MR) is 48.8 cm³/mol. The maximum absolute atomic E-state index is 11.3. The molecule has 0 fully saturated rings. The van der Waals surface area contributed by atoms with E-state index in [0.29, 0.717) is 6.54 Å². The number of carbonyl (C=O) groups excluding carboxylic acids is 1. The summed E-state index contributed by atoms with van der Waals surface area (Å²) in [6, 6.07) is 1.38. The monoisotopic (exact) mass is 182 g/mol. The Hall–Kier alpha value is -1.29. The van der Waals surface area contributed by atoms with Gasteiger partial charge in [-0.2, -0.15) is 0 Å².